The third-order valence-electron chi connectivity index (χ3n) is 5.51. The van der Waals surface area contributed by atoms with Crippen LogP contribution in [0.2, 0.25) is 0 Å². The Morgan fingerprint density at radius 1 is 1.00 bits per heavy atom. The minimum Gasteiger partial charge on any atom is -0.477 e. The molecule has 0 aliphatic heterocycles. The lowest BCUT2D eigenvalue weighted by Gasteiger charge is -2.20. The Morgan fingerprint density at radius 3 is 2.15 bits per heavy atom. The molecule has 3 aromatic rings. The van der Waals surface area contributed by atoms with Crippen molar-refractivity contribution in [2.45, 2.75) is 26.4 Å². The van der Waals surface area contributed by atoms with Gasteiger partial charge in [-0.2, -0.15) is 0 Å². The Morgan fingerprint density at radius 2 is 1.61 bits per heavy atom. The zero-order chi connectivity index (χ0) is 24.1. The third kappa shape index (κ3) is 5.64. The van der Waals surface area contributed by atoms with Gasteiger partial charge in [0.25, 0.3) is 0 Å². The number of pyridine rings is 1. The van der Waals surface area contributed by atoms with E-state index >= 15 is 0 Å². The van der Waals surface area contributed by atoms with Crippen LogP contribution in [0.3, 0.4) is 0 Å². The van der Waals surface area contributed by atoms with E-state index in [1.165, 1.54) is 12.3 Å². The summed E-state index contributed by atoms with van der Waals surface area (Å²) >= 11 is 11.7. The van der Waals surface area contributed by atoms with Gasteiger partial charge in [-0.25, -0.2) is 4.79 Å². The molecular weight excluding hydrogens is 463 g/mol. The molecule has 0 aliphatic carbocycles. The number of carbonyl (C=O) groups is 2. The van der Waals surface area contributed by atoms with Gasteiger partial charge in [0, 0.05) is 60.1 Å². The zero-order valence-corrected chi connectivity index (χ0v) is 20.1. The zero-order valence-electron chi connectivity index (χ0n) is 18.6. The van der Waals surface area contributed by atoms with E-state index in [2.05, 4.69) is 4.90 Å². The highest BCUT2D eigenvalue weighted by Crippen LogP contribution is 2.21. The Hall–Kier alpha value is -2.67. The number of carboxylic acids is 1. The van der Waals surface area contributed by atoms with E-state index in [1.54, 1.807) is 28.8 Å². The Kier molecular flexibility index (Phi) is 8.30. The lowest BCUT2D eigenvalue weighted by molar-refractivity contribution is 0.0694. The molecule has 0 spiro atoms. The summed E-state index contributed by atoms with van der Waals surface area (Å²) in [5.74, 6) is -0.408. The summed E-state index contributed by atoms with van der Waals surface area (Å²) in [6, 6.07) is 12.0. The second-order valence-electron chi connectivity index (χ2n) is 8.09. The topological polar surface area (TPSA) is 79.6 Å². The summed E-state index contributed by atoms with van der Waals surface area (Å²) < 4.78 is 1.71. The van der Waals surface area contributed by atoms with Gasteiger partial charge in [0.15, 0.2) is 5.78 Å². The molecule has 174 valence electrons. The number of carboxylic acid groups (broad SMARTS) is 1. The fraction of sp³-hybridized carbons (Fsp3) is 0.320. The second-order valence-corrected chi connectivity index (χ2v) is 8.85. The number of hydrogen-bond donors (Lipinski definition) is 1. The van der Waals surface area contributed by atoms with Crippen LogP contribution in [0, 0.1) is 0 Å². The van der Waals surface area contributed by atoms with Crippen molar-refractivity contribution >= 4 is 45.9 Å². The van der Waals surface area contributed by atoms with Crippen LogP contribution in [0.15, 0.2) is 53.5 Å². The van der Waals surface area contributed by atoms with Gasteiger partial charge >= 0.3 is 5.97 Å². The van der Waals surface area contributed by atoms with Gasteiger partial charge in [-0.15, -0.1) is 23.2 Å². The number of halogens is 2. The maximum absolute atomic E-state index is 13.1. The number of benzene rings is 2. The molecule has 0 saturated heterocycles. The van der Waals surface area contributed by atoms with Crippen molar-refractivity contribution in [3.05, 3.63) is 81.1 Å². The predicted molar refractivity (Wildman–Crippen MR) is 132 cm³/mol. The molecular formula is C25H26Cl2N2O4. The number of carbonyl (C=O) groups excluding carboxylic acids is 1. The highest BCUT2D eigenvalue weighted by Gasteiger charge is 2.18. The molecule has 1 aromatic heterocycles. The minimum absolute atomic E-state index is 0.0974. The molecule has 6 nitrogen and oxygen atoms in total. The fourth-order valence-corrected chi connectivity index (χ4v) is 4.24. The van der Waals surface area contributed by atoms with Gasteiger partial charge in [-0.3, -0.25) is 14.5 Å². The van der Waals surface area contributed by atoms with Crippen molar-refractivity contribution in [1.29, 1.82) is 0 Å². The Labute approximate surface area is 202 Å². The number of rotatable bonds is 10. The maximum atomic E-state index is 13.1. The van der Waals surface area contributed by atoms with Gasteiger partial charge in [0.2, 0.25) is 5.43 Å². The lowest BCUT2D eigenvalue weighted by atomic mass is 9.99. The summed E-state index contributed by atoms with van der Waals surface area (Å²) in [4.78, 5) is 39.4. The first-order valence-electron chi connectivity index (χ1n) is 10.7. The number of aromatic carboxylic acids is 1. The van der Waals surface area contributed by atoms with Crippen LogP contribution in [-0.2, 0) is 6.54 Å². The van der Waals surface area contributed by atoms with Crippen LogP contribution < -0.4 is 5.43 Å². The largest absolute Gasteiger partial charge is 0.477 e. The second kappa shape index (κ2) is 11.0. The molecule has 3 rings (SSSR count). The molecule has 2 aromatic carbocycles. The molecule has 8 heteroatoms. The lowest BCUT2D eigenvalue weighted by Crippen LogP contribution is -2.27. The molecule has 0 unspecified atom stereocenters. The van der Waals surface area contributed by atoms with Crippen molar-refractivity contribution < 1.29 is 14.7 Å². The van der Waals surface area contributed by atoms with Crippen molar-refractivity contribution in [2.24, 2.45) is 0 Å². The molecule has 0 saturated carbocycles. The fourth-order valence-electron chi connectivity index (χ4n) is 3.77. The quantitative estimate of drug-likeness (QED) is 0.327. The van der Waals surface area contributed by atoms with Crippen LogP contribution in [0.5, 0.6) is 0 Å². The van der Waals surface area contributed by atoms with E-state index in [0.717, 1.165) is 18.7 Å². The Bertz CT molecular complexity index is 1210. The van der Waals surface area contributed by atoms with Crippen molar-refractivity contribution in [2.75, 3.05) is 24.8 Å². The summed E-state index contributed by atoms with van der Waals surface area (Å²) in [5.41, 5.74) is 1.69. The molecule has 0 fully saturated rings. The first-order valence-corrected chi connectivity index (χ1v) is 11.7. The molecule has 0 radical (unpaired) electrons. The third-order valence-corrected chi connectivity index (χ3v) is 5.84. The molecule has 1 heterocycles. The average Bonchev–Trinajstić information content (AvgIpc) is 2.79. The standard InChI is InChI=1S/C25H26Cl2N2O4/c1-16(2)29-15-21(25(32)33)24(31)20-8-7-19(13-22(20)29)23(30)18-5-3-17(4-6-18)14-28(11-9-26)12-10-27/h3-8,13,15-16H,9-12,14H2,1-2H3,(H,32,33). The van der Waals surface area contributed by atoms with E-state index < -0.39 is 11.4 Å². The van der Waals surface area contributed by atoms with Crippen LogP contribution in [0.1, 0.15) is 51.7 Å². The van der Waals surface area contributed by atoms with Crippen LogP contribution in [0.25, 0.3) is 10.9 Å². The predicted octanol–water partition coefficient (Wildman–Crippen LogP) is 4.79. The van der Waals surface area contributed by atoms with E-state index in [0.29, 0.717) is 34.9 Å². The van der Waals surface area contributed by atoms with Gasteiger partial charge in [0.1, 0.15) is 5.56 Å². The first kappa shape index (κ1) is 25.0. The van der Waals surface area contributed by atoms with Gasteiger partial charge in [-0.1, -0.05) is 30.3 Å². The summed E-state index contributed by atoms with van der Waals surface area (Å²) in [5, 5.41) is 9.65. The van der Waals surface area contributed by atoms with E-state index in [9.17, 15) is 19.5 Å². The molecule has 1 N–H and O–H groups in total. The first-order chi connectivity index (χ1) is 15.8. The van der Waals surface area contributed by atoms with E-state index in [4.69, 9.17) is 23.2 Å². The van der Waals surface area contributed by atoms with Crippen molar-refractivity contribution in [3.63, 3.8) is 0 Å². The van der Waals surface area contributed by atoms with E-state index in [-0.39, 0.29) is 22.8 Å². The highest BCUT2D eigenvalue weighted by atomic mass is 35.5. The van der Waals surface area contributed by atoms with Crippen LogP contribution >= 0.6 is 23.2 Å². The molecule has 0 atom stereocenters. The van der Waals surface area contributed by atoms with Crippen LogP contribution in [0.4, 0.5) is 0 Å². The van der Waals surface area contributed by atoms with Gasteiger partial charge in [0.05, 0.1) is 5.52 Å². The number of nitrogens with zero attached hydrogens (tertiary/aromatic N) is 2. The summed E-state index contributed by atoms with van der Waals surface area (Å²) in [6.07, 6.45) is 1.34. The number of ketones is 1. The van der Waals surface area contributed by atoms with Crippen molar-refractivity contribution in [1.82, 2.24) is 9.47 Å². The van der Waals surface area contributed by atoms with Gasteiger partial charge < -0.3 is 9.67 Å². The summed E-state index contributed by atoms with van der Waals surface area (Å²) in [7, 11) is 0. The smallest absolute Gasteiger partial charge is 0.341 e. The minimum atomic E-state index is -1.27. The van der Waals surface area contributed by atoms with Crippen molar-refractivity contribution in [3.8, 4) is 0 Å². The molecule has 33 heavy (non-hydrogen) atoms. The Balaban J connectivity index is 1.94. The number of aromatic nitrogens is 1. The monoisotopic (exact) mass is 488 g/mol. The van der Waals surface area contributed by atoms with Crippen LogP contribution in [-0.4, -0.2) is 51.2 Å². The average molecular weight is 489 g/mol. The maximum Gasteiger partial charge on any atom is 0.341 e. The molecule has 0 aliphatic rings. The molecule has 0 bridgehead atoms. The number of fused-ring (bicyclic) bond motifs is 1. The normalized spacial score (nSPS) is 11.5. The van der Waals surface area contributed by atoms with Gasteiger partial charge in [-0.05, 0) is 31.5 Å². The number of alkyl halides is 2. The SMILES string of the molecule is CC(C)n1cc(C(=O)O)c(=O)c2ccc(C(=O)c3ccc(CN(CCCl)CCCl)cc3)cc21. The molecule has 0 amide bonds. The highest BCUT2D eigenvalue weighted by molar-refractivity contribution is 6.18. The summed E-state index contributed by atoms with van der Waals surface area (Å²) in [6.45, 7) is 5.93. The van der Waals surface area contributed by atoms with E-state index in [1.807, 2.05) is 26.0 Å². The number of hydrogen-bond acceptors (Lipinski definition) is 4.